The van der Waals surface area contributed by atoms with Crippen molar-refractivity contribution in [2.24, 2.45) is 0 Å². The van der Waals surface area contributed by atoms with Gasteiger partial charge in [-0.1, -0.05) is 30.3 Å². The Bertz CT molecular complexity index is 1130. The van der Waals surface area contributed by atoms with Gasteiger partial charge in [0, 0.05) is 17.9 Å². The van der Waals surface area contributed by atoms with Gasteiger partial charge in [0.15, 0.2) is 11.5 Å². The predicted octanol–water partition coefficient (Wildman–Crippen LogP) is 2.09. The van der Waals surface area contributed by atoms with Crippen molar-refractivity contribution in [3.05, 3.63) is 65.6 Å². The number of hydrogen-bond acceptors (Lipinski definition) is 5. The molecule has 1 N–H and O–H groups in total. The Balaban J connectivity index is 1.69. The molecule has 1 atom stereocenters. The number of carbonyl (C=O) groups is 1. The van der Waals surface area contributed by atoms with E-state index in [9.17, 15) is 4.79 Å². The maximum atomic E-state index is 12.4. The summed E-state index contributed by atoms with van der Waals surface area (Å²) in [6.07, 6.45) is 1.94. The van der Waals surface area contributed by atoms with Gasteiger partial charge in [-0.3, -0.25) is 4.79 Å². The first-order chi connectivity index (χ1) is 12.7. The molecule has 0 bridgehead atoms. The number of hydrogen-bond donors (Lipinski definition) is 1. The molecule has 0 saturated carbocycles. The van der Waals surface area contributed by atoms with Crippen LogP contribution in [0.2, 0.25) is 0 Å². The number of amides is 1. The summed E-state index contributed by atoms with van der Waals surface area (Å²) in [6, 6.07) is 13.7. The predicted molar refractivity (Wildman–Crippen MR) is 94.2 cm³/mol. The maximum Gasteiger partial charge on any atom is 0.226 e. The number of aryl methyl sites for hydroxylation is 1. The highest BCUT2D eigenvalue weighted by Gasteiger charge is 2.32. The number of nitrogens with one attached hydrogen (secondary N) is 1. The van der Waals surface area contributed by atoms with E-state index in [1.54, 1.807) is 9.20 Å². The van der Waals surface area contributed by atoms with Gasteiger partial charge in [-0.25, -0.2) is 0 Å². The van der Waals surface area contributed by atoms with Gasteiger partial charge in [0.1, 0.15) is 12.1 Å². The molecule has 8 nitrogen and oxygen atoms in total. The second-order valence-electron chi connectivity index (χ2n) is 6.30. The van der Waals surface area contributed by atoms with Gasteiger partial charge in [-0.05, 0) is 24.6 Å². The molecule has 1 aliphatic heterocycles. The van der Waals surface area contributed by atoms with Gasteiger partial charge >= 0.3 is 0 Å². The number of rotatable bonds is 2. The zero-order valence-electron chi connectivity index (χ0n) is 14.0. The van der Waals surface area contributed by atoms with E-state index in [2.05, 4.69) is 25.7 Å². The summed E-state index contributed by atoms with van der Waals surface area (Å²) >= 11 is 0. The molecular formula is C18H15N7O. The molecule has 1 aliphatic rings. The normalized spacial score (nSPS) is 16.5. The van der Waals surface area contributed by atoms with Gasteiger partial charge in [-0.2, -0.15) is 14.3 Å². The number of nitrogens with zero attached hydrogens (tertiary/aromatic N) is 6. The van der Waals surface area contributed by atoms with Crippen LogP contribution in [-0.2, 0) is 4.79 Å². The van der Waals surface area contributed by atoms with E-state index in [0.717, 1.165) is 16.8 Å². The molecule has 8 heteroatoms. The number of carbonyl (C=O) groups excluding carboxylic acids is 1. The second-order valence-corrected chi connectivity index (χ2v) is 6.30. The molecule has 0 spiro atoms. The monoisotopic (exact) mass is 345 g/mol. The smallest absolute Gasteiger partial charge is 0.226 e. The third-order valence-electron chi connectivity index (χ3n) is 4.67. The number of benzene rings is 1. The van der Waals surface area contributed by atoms with Gasteiger partial charge in [-0.15, -0.1) is 15.3 Å². The number of anilines is 1. The van der Waals surface area contributed by atoms with Crippen molar-refractivity contribution in [1.82, 2.24) is 29.6 Å². The van der Waals surface area contributed by atoms with Crippen LogP contribution in [0.4, 0.5) is 5.82 Å². The summed E-state index contributed by atoms with van der Waals surface area (Å²) in [5.74, 6) is 1.22. The van der Waals surface area contributed by atoms with Crippen molar-refractivity contribution in [3.8, 4) is 5.82 Å². The van der Waals surface area contributed by atoms with E-state index in [0.29, 0.717) is 23.7 Å². The van der Waals surface area contributed by atoms with E-state index < -0.39 is 0 Å². The fraction of sp³-hybridized carbons (Fsp3) is 0.167. The van der Waals surface area contributed by atoms with Crippen LogP contribution in [0.15, 0.2) is 48.8 Å². The topological polar surface area (TPSA) is 90.0 Å². The summed E-state index contributed by atoms with van der Waals surface area (Å²) in [4.78, 5) is 12.4. The summed E-state index contributed by atoms with van der Waals surface area (Å²) < 4.78 is 3.26. The molecule has 26 heavy (non-hydrogen) atoms. The maximum absolute atomic E-state index is 12.4. The summed E-state index contributed by atoms with van der Waals surface area (Å²) in [5, 5.41) is 19.9. The van der Waals surface area contributed by atoms with E-state index in [-0.39, 0.29) is 11.8 Å². The highest BCUT2D eigenvalue weighted by molar-refractivity contribution is 5.95. The molecule has 1 aromatic carbocycles. The molecule has 0 saturated heterocycles. The van der Waals surface area contributed by atoms with Crippen LogP contribution < -0.4 is 5.32 Å². The van der Waals surface area contributed by atoms with Crippen LogP contribution in [0.25, 0.3) is 11.5 Å². The standard InChI is InChI=1S/C18H15N7O/c1-11-17-13(12-5-3-2-4-6-12)9-16(26)20-18(17)25(22-11)15-8-7-14-21-19-10-24(14)23-15/h2-8,10,13H,9H2,1H3,(H,20,26). The minimum absolute atomic E-state index is 0.0210. The fourth-order valence-electron chi connectivity index (χ4n) is 3.51. The number of aromatic nitrogens is 6. The fourth-order valence-corrected chi connectivity index (χ4v) is 3.51. The Morgan fingerprint density at radius 3 is 2.81 bits per heavy atom. The molecule has 1 amide bonds. The van der Waals surface area contributed by atoms with Gasteiger partial charge in [0.05, 0.1) is 5.69 Å². The largest absolute Gasteiger partial charge is 0.310 e. The second kappa shape index (κ2) is 5.48. The molecule has 0 fully saturated rings. The molecule has 1 unspecified atom stereocenters. The lowest BCUT2D eigenvalue weighted by Crippen LogP contribution is -2.25. The molecule has 0 radical (unpaired) electrons. The molecule has 4 aromatic rings. The summed E-state index contributed by atoms with van der Waals surface area (Å²) in [5.41, 5.74) is 3.66. The molecule has 0 aliphatic carbocycles. The first-order valence-corrected chi connectivity index (χ1v) is 8.32. The zero-order chi connectivity index (χ0) is 17.7. The Morgan fingerprint density at radius 1 is 1.12 bits per heavy atom. The van der Waals surface area contributed by atoms with E-state index in [1.165, 1.54) is 6.33 Å². The van der Waals surface area contributed by atoms with E-state index >= 15 is 0 Å². The molecular weight excluding hydrogens is 330 g/mol. The Hall–Kier alpha value is -3.55. The first-order valence-electron chi connectivity index (χ1n) is 8.32. The molecule has 5 rings (SSSR count). The average Bonchev–Trinajstić information content (AvgIpc) is 3.25. The van der Waals surface area contributed by atoms with Crippen LogP contribution in [0, 0.1) is 6.92 Å². The van der Waals surface area contributed by atoms with Crippen LogP contribution in [0.3, 0.4) is 0 Å². The highest BCUT2D eigenvalue weighted by atomic mass is 16.1. The SMILES string of the molecule is Cc1nn(-c2ccc3nncn3n2)c2c1C(c1ccccc1)CC(=O)N2. The average molecular weight is 345 g/mol. The highest BCUT2D eigenvalue weighted by Crippen LogP contribution is 2.39. The van der Waals surface area contributed by atoms with Crippen LogP contribution in [0.1, 0.15) is 29.2 Å². The zero-order valence-corrected chi connectivity index (χ0v) is 14.0. The third kappa shape index (κ3) is 2.19. The Kier molecular flexibility index (Phi) is 3.11. The van der Waals surface area contributed by atoms with Crippen molar-refractivity contribution < 1.29 is 4.79 Å². The van der Waals surface area contributed by atoms with Gasteiger partial charge < -0.3 is 5.32 Å². The van der Waals surface area contributed by atoms with Gasteiger partial charge in [0.25, 0.3) is 0 Å². The first kappa shape index (κ1) is 14.8. The van der Waals surface area contributed by atoms with Crippen molar-refractivity contribution in [2.75, 3.05) is 5.32 Å². The van der Waals surface area contributed by atoms with Crippen molar-refractivity contribution >= 4 is 17.4 Å². The minimum Gasteiger partial charge on any atom is -0.310 e. The van der Waals surface area contributed by atoms with Crippen molar-refractivity contribution in [1.29, 1.82) is 0 Å². The van der Waals surface area contributed by atoms with Crippen LogP contribution in [-0.4, -0.2) is 35.5 Å². The lowest BCUT2D eigenvalue weighted by Gasteiger charge is -2.24. The third-order valence-corrected chi connectivity index (χ3v) is 4.67. The Morgan fingerprint density at radius 2 is 1.96 bits per heavy atom. The van der Waals surface area contributed by atoms with Crippen LogP contribution >= 0.6 is 0 Å². The van der Waals surface area contributed by atoms with E-state index in [1.807, 2.05) is 49.4 Å². The minimum atomic E-state index is -0.0297. The molecule has 3 aromatic heterocycles. The van der Waals surface area contributed by atoms with Crippen molar-refractivity contribution in [2.45, 2.75) is 19.3 Å². The Labute approximate surface area is 148 Å². The van der Waals surface area contributed by atoms with E-state index in [4.69, 9.17) is 0 Å². The van der Waals surface area contributed by atoms with Crippen LogP contribution in [0.5, 0.6) is 0 Å². The summed E-state index contributed by atoms with van der Waals surface area (Å²) in [6.45, 7) is 1.96. The summed E-state index contributed by atoms with van der Waals surface area (Å²) in [7, 11) is 0. The quantitative estimate of drug-likeness (QED) is 0.601. The van der Waals surface area contributed by atoms with Gasteiger partial charge in [0.2, 0.25) is 5.91 Å². The molecule has 4 heterocycles. The lowest BCUT2D eigenvalue weighted by molar-refractivity contribution is -0.116. The van der Waals surface area contributed by atoms with Crippen molar-refractivity contribution in [3.63, 3.8) is 0 Å². The lowest BCUT2D eigenvalue weighted by atomic mass is 9.86. The number of fused-ring (bicyclic) bond motifs is 2. The molecule has 128 valence electrons.